The number of benzene rings is 1. The summed E-state index contributed by atoms with van der Waals surface area (Å²) in [6, 6.07) is 4.31. The molecule has 0 amide bonds. The van der Waals surface area contributed by atoms with Gasteiger partial charge in [0.15, 0.2) is 0 Å². The SMILES string of the molecule is CCCCNc1nc(C)cn1-c1cc(F)ccc1Cl. The number of aryl methyl sites for hydroxylation is 1. The van der Waals surface area contributed by atoms with Gasteiger partial charge in [-0.25, -0.2) is 9.37 Å². The maximum absolute atomic E-state index is 13.4. The van der Waals surface area contributed by atoms with E-state index < -0.39 is 0 Å². The van der Waals surface area contributed by atoms with Gasteiger partial charge in [-0.1, -0.05) is 24.9 Å². The van der Waals surface area contributed by atoms with Gasteiger partial charge < -0.3 is 5.32 Å². The van der Waals surface area contributed by atoms with Gasteiger partial charge in [0.1, 0.15) is 5.82 Å². The van der Waals surface area contributed by atoms with Crippen LogP contribution >= 0.6 is 11.6 Å². The average Bonchev–Trinajstić information content (AvgIpc) is 2.74. The van der Waals surface area contributed by atoms with E-state index in [1.165, 1.54) is 12.1 Å². The Labute approximate surface area is 117 Å². The molecule has 0 aliphatic carbocycles. The number of hydrogen-bond donors (Lipinski definition) is 1. The van der Waals surface area contributed by atoms with Crippen molar-refractivity contribution in [2.45, 2.75) is 26.7 Å². The van der Waals surface area contributed by atoms with Crippen LogP contribution in [0.15, 0.2) is 24.4 Å². The molecule has 0 aliphatic heterocycles. The summed E-state index contributed by atoms with van der Waals surface area (Å²) in [7, 11) is 0. The molecule has 2 rings (SSSR count). The first kappa shape index (κ1) is 13.9. The third-order valence-electron chi connectivity index (χ3n) is 2.81. The molecule has 0 bridgehead atoms. The summed E-state index contributed by atoms with van der Waals surface area (Å²) >= 11 is 6.13. The van der Waals surface area contributed by atoms with Gasteiger partial charge in [0.05, 0.1) is 16.4 Å². The minimum absolute atomic E-state index is 0.315. The van der Waals surface area contributed by atoms with Crippen molar-refractivity contribution in [3.63, 3.8) is 0 Å². The van der Waals surface area contributed by atoms with E-state index in [4.69, 9.17) is 11.6 Å². The lowest BCUT2D eigenvalue weighted by atomic mass is 10.3. The summed E-state index contributed by atoms with van der Waals surface area (Å²) in [5.41, 5.74) is 1.46. The van der Waals surface area contributed by atoms with Crippen LogP contribution in [0.3, 0.4) is 0 Å². The second-order valence-electron chi connectivity index (χ2n) is 4.45. The molecule has 5 heteroatoms. The molecule has 0 saturated carbocycles. The molecule has 1 aromatic carbocycles. The van der Waals surface area contributed by atoms with Gasteiger partial charge in [-0.3, -0.25) is 4.57 Å². The molecule has 0 radical (unpaired) electrons. The summed E-state index contributed by atoms with van der Waals surface area (Å²) in [6.45, 7) is 4.86. The zero-order valence-corrected chi connectivity index (χ0v) is 11.8. The van der Waals surface area contributed by atoms with Crippen molar-refractivity contribution in [3.05, 3.63) is 40.9 Å². The Kier molecular flexibility index (Phi) is 4.43. The number of halogens is 2. The van der Waals surface area contributed by atoms with E-state index in [1.54, 1.807) is 10.6 Å². The standard InChI is InChI=1S/C14H17ClFN3/c1-3-4-7-17-14-18-10(2)9-19(14)13-8-11(16)5-6-12(13)15/h5-6,8-9H,3-4,7H2,1-2H3,(H,17,18). The van der Waals surface area contributed by atoms with Gasteiger partial charge >= 0.3 is 0 Å². The first-order valence-electron chi connectivity index (χ1n) is 6.37. The van der Waals surface area contributed by atoms with Crippen molar-refractivity contribution < 1.29 is 4.39 Å². The number of aromatic nitrogens is 2. The Hall–Kier alpha value is -1.55. The summed E-state index contributed by atoms with van der Waals surface area (Å²) < 4.78 is 15.2. The number of rotatable bonds is 5. The molecule has 0 aliphatic rings. The lowest BCUT2D eigenvalue weighted by Gasteiger charge is -2.11. The van der Waals surface area contributed by atoms with Crippen molar-refractivity contribution >= 4 is 17.5 Å². The van der Waals surface area contributed by atoms with Crippen LogP contribution in [0.25, 0.3) is 5.69 Å². The summed E-state index contributed by atoms with van der Waals surface area (Å²) in [4.78, 5) is 4.40. The average molecular weight is 282 g/mol. The van der Waals surface area contributed by atoms with Crippen molar-refractivity contribution in [3.8, 4) is 5.69 Å². The molecule has 0 fully saturated rings. The first-order valence-corrected chi connectivity index (χ1v) is 6.75. The monoisotopic (exact) mass is 281 g/mol. The minimum atomic E-state index is -0.315. The highest BCUT2D eigenvalue weighted by molar-refractivity contribution is 6.32. The molecule has 102 valence electrons. The zero-order valence-electron chi connectivity index (χ0n) is 11.1. The maximum Gasteiger partial charge on any atom is 0.207 e. The third-order valence-corrected chi connectivity index (χ3v) is 3.13. The van der Waals surface area contributed by atoms with Crippen molar-refractivity contribution in [2.75, 3.05) is 11.9 Å². The summed E-state index contributed by atoms with van der Waals surface area (Å²) in [5, 5.41) is 3.75. The van der Waals surface area contributed by atoms with Crippen LogP contribution in [0.5, 0.6) is 0 Å². The van der Waals surface area contributed by atoms with Gasteiger partial charge in [-0.15, -0.1) is 0 Å². The van der Waals surface area contributed by atoms with Crippen LogP contribution in [-0.4, -0.2) is 16.1 Å². The largest absolute Gasteiger partial charge is 0.355 e. The molecule has 0 spiro atoms. The minimum Gasteiger partial charge on any atom is -0.355 e. The van der Waals surface area contributed by atoms with Crippen molar-refractivity contribution in [1.29, 1.82) is 0 Å². The molecule has 1 N–H and O–H groups in total. The molecule has 2 aromatic rings. The topological polar surface area (TPSA) is 29.9 Å². The maximum atomic E-state index is 13.4. The Bertz CT molecular complexity index is 566. The zero-order chi connectivity index (χ0) is 13.8. The molecule has 19 heavy (non-hydrogen) atoms. The van der Waals surface area contributed by atoms with Crippen LogP contribution < -0.4 is 5.32 Å². The predicted octanol–water partition coefficient (Wildman–Crippen LogP) is 4.19. The molecule has 1 heterocycles. The van der Waals surface area contributed by atoms with Crippen LogP contribution in [-0.2, 0) is 0 Å². The summed E-state index contributed by atoms with van der Waals surface area (Å²) in [6.07, 6.45) is 4.01. The van der Waals surface area contributed by atoms with Crippen molar-refractivity contribution in [1.82, 2.24) is 9.55 Å². The fourth-order valence-electron chi connectivity index (χ4n) is 1.85. The van der Waals surface area contributed by atoms with E-state index in [2.05, 4.69) is 17.2 Å². The number of nitrogens with zero attached hydrogens (tertiary/aromatic N) is 2. The number of unbranched alkanes of at least 4 members (excludes halogenated alkanes) is 1. The molecular formula is C14H17ClFN3. The van der Waals surface area contributed by atoms with Gasteiger partial charge in [-0.05, 0) is 31.5 Å². The van der Waals surface area contributed by atoms with Gasteiger partial charge in [0.2, 0.25) is 5.95 Å². The van der Waals surface area contributed by atoms with Crippen LogP contribution in [0.1, 0.15) is 25.5 Å². The fraction of sp³-hybridized carbons (Fsp3) is 0.357. The normalized spacial score (nSPS) is 10.7. The number of nitrogens with one attached hydrogen (secondary N) is 1. The Morgan fingerprint density at radius 2 is 2.21 bits per heavy atom. The van der Waals surface area contributed by atoms with Crippen LogP contribution in [0.4, 0.5) is 10.3 Å². The highest BCUT2D eigenvalue weighted by atomic mass is 35.5. The van der Waals surface area contributed by atoms with E-state index in [-0.39, 0.29) is 5.82 Å². The van der Waals surface area contributed by atoms with Gasteiger partial charge in [0.25, 0.3) is 0 Å². The second kappa shape index (κ2) is 6.06. The Morgan fingerprint density at radius 1 is 1.42 bits per heavy atom. The molecule has 3 nitrogen and oxygen atoms in total. The second-order valence-corrected chi connectivity index (χ2v) is 4.86. The lowest BCUT2D eigenvalue weighted by molar-refractivity contribution is 0.626. The Morgan fingerprint density at radius 3 is 2.95 bits per heavy atom. The molecule has 0 unspecified atom stereocenters. The quantitative estimate of drug-likeness (QED) is 0.833. The fourth-order valence-corrected chi connectivity index (χ4v) is 2.06. The first-order chi connectivity index (χ1) is 9.11. The third kappa shape index (κ3) is 3.26. The predicted molar refractivity (Wildman–Crippen MR) is 76.7 cm³/mol. The van der Waals surface area contributed by atoms with E-state index in [1.807, 2.05) is 13.1 Å². The highest BCUT2D eigenvalue weighted by Gasteiger charge is 2.11. The summed E-state index contributed by atoms with van der Waals surface area (Å²) in [5.74, 6) is 0.378. The highest BCUT2D eigenvalue weighted by Crippen LogP contribution is 2.25. The molecule has 0 atom stereocenters. The van der Waals surface area contributed by atoms with E-state index in [9.17, 15) is 4.39 Å². The van der Waals surface area contributed by atoms with E-state index in [0.717, 1.165) is 25.1 Å². The number of anilines is 1. The van der Waals surface area contributed by atoms with E-state index in [0.29, 0.717) is 16.7 Å². The van der Waals surface area contributed by atoms with Gasteiger partial charge in [0, 0.05) is 12.7 Å². The Balaban J connectivity index is 2.35. The van der Waals surface area contributed by atoms with E-state index >= 15 is 0 Å². The van der Waals surface area contributed by atoms with Gasteiger partial charge in [-0.2, -0.15) is 0 Å². The van der Waals surface area contributed by atoms with Crippen LogP contribution in [0.2, 0.25) is 5.02 Å². The number of hydrogen-bond acceptors (Lipinski definition) is 2. The van der Waals surface area contributed by atoms with Crippen molar-refractivity contribution in [2.24, 2.45) is 0 Å². The van der Waals surface area contributed by atoms with Crippen LogP contribution in [0, 0.1) is 12.7 Å². The molecule has 1 aromatic heterocycles. The number of imidazole rings is 1. The lowest BCUT2D eigenvalue weighted by Crippen LogP contribution is -2.07. The smallest absolute Gasteiger partial charge is 0.207 e. The molecular weight excluding hydrogens is 265 g/mol. The molecule has 0 saturated heterocycles.